The van der Waals surface area contributed by atoms with Gasteiger partial charge in [-0.15, -0.1) is 0 Å². The number of aromatic hydroxyl groups is 1. The Balaban J connectivity index is 1.68. The summed E-state index contributed by atoms with van der Waals surface area (Å²) < 4.78 is 0. The summed E-state index contributed by atoms with van der Waals surface area (Å²) in [5.74, 6) is -0.190. The Morgan fingerprint density at radius 3 is 2.28 bits per heavy atom. The molecule has 0 saturated heterocycles. The third-order valence-electron chi connectivity index (χ3n) is 6.33. The van der Waals surface area contributed by atoms with Crippen molar-refractivity contribution in [2.75, 3.05) is 39.3 Å². The van der Waals surface area contributed by atoms with Crippen molar-refractivity contribution in [2.24, 2.45) is 11.1 Å². The summed E-state index contributed by atoms with van der Waals surface area (Å²) >= 11 is 0. The van der Waals surface area contributed by atoms with Crippen LogP contribution < -0.4 is 11.3 Å². The van der Waals surface area contributed by atoms with E-state index in [1.807, 2.05) is 12.1 Å². The molecular formula is C29H40N4O3. The number of carbonyl (C=O) groups is 1. The van der Waals surface area contributed by atoms with Crippen LogP contribution in [0.4, 0.5) is 0 Å². The summed E-state index contributed by atoms with van der Waals surface area (Å²) in [6, 6.07) is 17.3. The van der Waals surface area contributed by atoms with Gasteiger partial charge >= 0.3 is 0 Å². The molecule has 1 aromatic heterocycles. The number of primary amides is 1. The summed E-state index contributed by atoms with van der Waals surface area (Å²) in [6.45, 7) is 11.7. The van der Waals surface area contributed by atoms with Crippen molar-refractivity contribution < 1.29 is 9.90 Å². The first-order valence-electron chi connectivity index (χ1n) is 12.7. The fraction of sp³-hybridized carbons (Fsp3) is 0.448. The molecule has 0 fully saturated rings. The molecule has 7 heteroatoms. The maximum atomic E-state index is 11.7. The molecule has 7 nitrogen and oxygen atoms in total. The second kappa shape index (κ2) is 12.7. The van der Waals surface area contributed by atoms with Gasteiger partial charge in [0.15, 0.2) is 0 Å². The summed E-state index contributed by atoms with van der Waals surface area (Å²) in [5.41, 5.74) is 8.21. The number of aromatic amines is 1. The van der Waals surface area contributed by atoms with Crippen molar-refractivity contribution in [3.05, 3.63) is 76.1 Å². The van der Waals surface area contributed by atoms with Gasteiger partial charge < -0.3 is 25.6 Å². The Labute approximate surface area is 213 Å². The fourth-order valence-electron chi connectivity index (χ4n) is 4.55. The number of fused-ring (bicyclic) bond motifs is 1. The number of carbonyl (C=O) groups excluding carboxylic acids is 1. The number of H-pyrrole nitrogens is 1. The maximum absolute atomic E-state index is 11.7. The standard InChI is InChI=1S/C29H40N4O3/c1-29(2,3)21-33(17-14-23-9-11-25(34)28-24(23)10-12-27(36)31-28)20-19-32(18-15-26(30)35)16-13-22-7-5-4-6-8-22/h4-12,34H,13-21H2,1-3H3,(H2,30,35)(H,31,36). The van der Waals surface area contributed by atoms with Gasteiger partial charge in [-0.1, -0.05) is 57.2 Å². The van der Waals surface area contributed by atoms with Crippen LogP contribution in [-0.2, 0) is 17.6 Å². The van der Waals surface area contributed by atoms with E-state index < -0.39 is 0 Å². The zero-order valence-corrected chi connectivity index (χ0v) is 21.8. The molecule has 3 aromatic rings. The van der Waals surface area contributed by atoms with Crippen molar-refractivity contribution in [1.82, 2.24) is 14.8 Å². The van der Waals surface area contributed by atoms with Crippen LogP contribution in [-0.4, -0.2) is 65.1 Å². The number of amides is 1. The summed E-state index contributed by atoms with van der Waals surface area (Å²) in [5, 5.41) is 11.1. The van der Waals surface area contributed by atoms with Crippen molar-refractivity contribution in [1.29, 1.82) is 0 Å². The molecule has 0 bridgehead atoms. The van der Waals surface area contributed by atoms with E-state index in [4.69, 9.17) is 5.73 Å². The number of nitrogens with one attached hydrogen (secondary N) is 1. The number of phenolic OH excluding ortho intramolecular Hbond substituents is 1. The fourth-order valence-corrected chi connectivity index (χ4v) is 4.55. The van der Waals surface area contributed by atoms with E-state index in [0.717, 1.165) is 56.5 Å². The molecule has 0 aliphatic carbocycles. The molecule has 2 aromatic carbocycles. The van der Waals surface area contributed by atoms with Gasteiger partial charge in [-0.2, -0.15) is 0 Å². The van der Waals surface area contributed by atoms with Crippen molar-refractivity contribution in [2.45, 2.75) is 40.0 Å². The van der Waals surface area contributed by atoms with Crippen LogP contribution >= 0.6 is 0 Å². The molecule has 36 heavy (non-hydrogen) atoms. The second-order valence-electron chi connectivity index (χ2n) is 10.7. The summed E-state index contributed by atoms with van der Waals surface area (Å²) in [6.07, 6.45) is 2.08. The Morgan fingerprint density at radius 1 is 0.889 bits per heavy atom. The number of rotatable bonds is 13. The molecular weight excluding hydrogens is 452 g/mol. The zero-order valence-electron chi connectivity index (χ0n) is 21.8. The lowest BCUT2D eigenvalue weighted by Gasteiger charge is -2.32. The first-order valence-corrected chi connectivity index (χ1v) is 12.7. The van der Waals surface area contributed by atoms with Gasteiger partial charge in [0, 0.05) is 57.1 Å². The first-order chi connectivity index (χ1) is 17.1. The molecule has 0 radical (unpaired) electrons. The van der Waals surface area contributed by atoms with Crippen LogP contribution in [0.1, 0.15) is 38.3 Å². The van der Waals surface area contributed by atoms with Crippen LogP contribution in [0.5, 0.6) is 5.75 Å². The number of hydrogen-bond donors (Lipinski definition) is 3. The highest BCUT2D eigenvalue weighted by Gasteiger charge is 2.18. The molecule has 0 aliphatic rings. The van der Waals surface area contributed by atoms with Gasteiger partial charge in [-0.25, -0.2) is 0 Å². The molecule has 1 heterocycles. The van der Waals surface area contributed by atoms with E-state index in [-0.39, 0.29) is 22.6 Å². The van der Waals surface area contributed by atoms with Crippen LogP contribution in [0.2, 0.25) is 0 Å². The highest BCUT2D eigenvalue weighted by atomic mass is 16.3. The Hall–Kier alpha value is -3.16. The first kappa shape index (κ1) is 27.4. The lowest BCUT2D eigenvalue weighted by atomic mass is 9.95. The van der Waals surface area contributed by atoms with E-state index in [9.17, 15) is 14.7 Å². The Bertz CT molecular complexity index is 1180. The highest BCUT2D eigenvalue weighted by molar-refractivity contribution is 5.87. The second-order valence-corrected chi connectivity index (χ2v) is 10.7. The van der Waals surface area contributed by atoms with E-state index >= 15 is 0 Å². The van der Waals surface area contributed by atoms with Crippen LogP contribution in [0, 0.1) is 5.41 Å². The Kier molecular flexibility index (Phi) is 9.67. The predicted molar refractivity (Wildman–Crippen MR) is 146 cm³/mol. The molecule has 4 N–H and O–H groups in total. The molecule has 3 rings (SSSR count). The third-order valence-corrected chi connectivity index (χ3v) is 6.33. The van der Waals surface area contributed by atoms with Gasteiger partial charge in [0.2, 0.25) is 11.5 Å². The molecule has 0 spiro atoms. The average Bonchev–Trinajstić information content (AvgIpc) is 2.82. The van der Waals surface area contributed by atoms with Gasteiger partial charge in [-0.05, 0) is 41.5 Å². The highest BCUT2D eigenvalue weighted by Crippen LogP contribution is 2.25. The van der Waals surface area contributed by atoms with Crippen LogP contribution in [0.25, 0.3) is 10.9 Å². The van der Waals surface area contributed by atoms with Gasteiger partial charge in [-0.3, -0.25) is 9.59 Å². The van der Waals surface area contributed by atoms with E-state index in [1.54, 1.807) is 12.1 Å². The topological polar surface area (TPSA) is 103 Å². The number of nitrogens with two attached hydrogens (primary N) is 1. The lowest BCUT2D eigenvalue weighted by molar-refractivity contribution is -0.118. The largest absolute Gasteiger partial charge is 0.506 e. The quantitative estimate of drug-likeness (QED) is 0.339. The number of pyridine rings is 1. The number of phenols is 1. The number of nitrogens with zero attached hydrogens (tertiary/aromatic N) is 2. The minimum atomic E-state index is -0.275. The SMILES string of the molecule is CC(C)(C)CN(CCc1ccc(O)c2[nH]c(=O)ccc12)CCN(CCC(N)=O)CCc1ccccc1. The lowest BCUT2D eigenvalue weighted by Crippen LogP contribution is -2.41. The summed E-state index contributed by atoms with van der Waals surface area (Å²) in [7, 11) is 0. The van der Waals surface area contributed by atoms with E-state index in [0.29, 0.717) is 18.5 Å². The van der Waals surface area contributed by atoms with Crippen molar-refractivity contribution in [3.63, 3.8) is 0 Å². The third kappa shape index (κ3) is 8.81. The van der Waals surface area contributed by atoms with E-state index in [1.165, 1.54) is 11.6 Å². The minimum Gasteiger partial charge on any atom is -0.506 e. The van der Waals surface area contributed by atoms with Crippen molar-refractivity contribution in [3.8, 4) is 5.75 Å². The van der Waals surface area contributed by atoms with Crippen LogP contribution in [0.3, 0.4) is 0 Å². The van der Waals surface area contributed by atoms with Crippen molar-refractivity contribution >= 4 is 16.8 Å². The van der Waals surface area contributed by atoms with Gasteiger partial charge in [0.1, 0.15) is 5.75 Å². The zero-order chi connectivity index (χ0) is 26.1. The van der Waals surface area contributed by atoms with Gasteiger partial charge in [0.05, 0.1) is 5.52 Å². The molecule has 194 valence electrons. The molecule has 0 unspecified atom stereocenters. The van der Waals surface area contributed by atoms with Gasteiger partial charge in [0.25, 0.3) is 0 Å². The molecule has 0 aliphatic heterocycles. The number of aromatic nitrogens is 1. The predicted octanol–water partition coefficient (Wildman–Crippen LogP) is 3.54. The van der Waals surface area contributed by atoms with E-state index in [2.05, 4.69) is 59.8 Å². The maximum Gasteiger partial charge on any atom is 0.248 e. The molecule has 0 atom stereocenters. The monoisotopic (exact) mass is 492 g/mol. The summed E-state index contributed by atoms with van der Waals surface area (Å²) in [4.78, 5) is 30.8. The average molecular weight is 493 g/mol. The van der Waals surface area contributed by atoms with Crippen LogP contribution in [0.15, 0.2) is 59.4 Å². The number of hydrogen-bond acceptors (Lipinski definition) is 5. The normalized spacial score (nSPS) is 12.0. The molecule has 0 saturated carbocycles. The number of benzene rings is 2. The minimum absolute atomic E-state index is 0.0847. The Morgan fingerprint density at radius 2 is 1.58 bits per heavy atom. The smallest absolute Gasteiger partial charge is 0.248 e. The molecule has 1 amide bonds.